The molecule has 1 aliphatic rings. The molecule has 1 aromatic rings. The Bertz CT molecular complexity index is 362. The summed E-state index contributed by atoms with van der Waals surface area (Å²) in [6.45, 7) is 0.949. The molecule has 2 nitrogen and oxygen atoms in total. The van der Waals surface area contributed by atoms with E-state index < -0.39 is 5.60 Å². The van der Waals surface area contributed by atoms with E-state index in [1.807, 2.05) is 0 Å². The zero-order valence-corrected chi connectivity index (χ0v) is 9.76. The lowest BCUT2D eigenvalue weighted by molar-refractivity contribution is -0.0698. The van der Waals surface area contributed by atoms with Crippen LogP contribution in [-0.4, -0.2) is 18.3 Å². The summed E-state index contributed by atoms with van der Waals surface area (Å²) < 4.78 is 19.3. The Balaban J connectivity index is 2.39. The van der Waals surface area contributed by atoms with Crippen LogP contribution in [0.5, 0.6) is 0 Å². The van der Waals surface area contributed by atoms with Gasteiger partial charge in [0.1, 0.15) is 5.82 Å². The molecular weight excluding hydrogens is 263 g/mol. The lowest BCUT2D eigenvalue weighted by Crippen LogP contribution is -2.34. The summed E-state index contributed by atoms with van der Waals surface area (Å²) in [4.78, 5) is 0. The average molecular weight is 275 g/mol. The van der Waals surface area contributed by atoms with Crippen LogP contribution >= 0.6 is 15.9 Å². The molecule has 0 atom stereocenters. The predicted octanol–water partition coefficient (Wildman–Crippen LogP) is 2.59. The number of rotatable bonds is 1. The van der Waals surface area contributed by atoms with Crippen molar-refractivity contribution >= 4 is 15.9 Å². The smallest absolute Gasteiger partial charge is 0.143 e. The molecular formula is C11H12BrFO2. The lowest BCUT2D eigenvalue weighted by atomic mass is 9.86. The molecule has 1 saturated heterocycles. The molecule has 15 heavy (non-hydrogen) atoms. The summed E-state index contributed by atoms with van der Waals surface area (Å²) in [5.74, 6) is -0.373. The maximum Gasteiger partial charge on any atom is 0.143 e. The zero-order chi connectivity index (χ0) is 10.9. The van der Waals surface area contributed by atoms with E-state index >= 15 is 0 Å². The van der Waals surface area contributed by atoms with E-state index in [4.69, 9.17) is 4.74 Å². The highest BCUT2D eigenvalue weighted by atomic mass is 79.9. The normalized spacial score (nSPS) is 20.2. The Morgan fingerprint density at radius 2 is 2.00 bits per heavy atom. The third-order valence-corrected chi connectivity index (χ3v) is 3.39. The number of ether oxygens (including phenoxy) is 1. The zero-order valence-electron chi connectivity index (χ0n) is 8.17. The van der Waals surface area contributed by atoms with Crippen molar-refractivity contribution < 1.29 is 14.2 Å². The topological polar surface area (TPSA) is 29.5 Å². The van der Waals surface area contributed by atoms with E-state index in [2.05, 4.69) is 15.9 Å². The van der Waals surface area contributed by atoms with Gasteiger partial charge in [-0.3, -0.25) is 0 Å². The lowest BCUT2D eigenvalue weighted by Gasteiger charge is -2.32. The minimum atomic E-state index is -1.08. The van der Waals surface area contributed by atoms with Gasteiger partial charge in [-0.1, -0.05) is 12.1 Å². The molecule has 0 spiro atoms. The molecule has 82 valence electrons. The van der Waals surface area contributed by atoms with Crippen molar-refractivity contribution in [3.05, 3.63) is 34.1 Å². The van der Waals surface area contributed by atoms with Gasteiger partial charge in [0, 0.05) is 31.6 Å². The second kappa shape index (κ2) is 4.20. The molecule has 0 aromatic heterocycles. The van der Waals surface area contributed by atoms with Crippen LogP contribution in [0.1, 0.15) is 18.4 Å². The van der Waals surface area contributed by atoms with E-state index in [0.717, 1.165) is 0 Å². The second-order valence-corrected chi connectivity index (χ2v) is 4.60. The van der Waals surface area contributed by atoms with Crippen LogP contribution < -0.4 is 0 Å². The first-order valence-corrected chi connectivity index (χ1v) is 5.67. The monoisotopic (exact) mass is 274 g/mol. The first-order chi connectivity index (χ1) is 7.13. The van der Waals surface area contributed by atoms with E-state index in [1.54, 1.807) is 18.2 Å². The summed E-state index contributed by atoms with van der Waals surface area (Å²) in [5.41, 5.74) is -0.716. The van der Waals surface area contributed by atoms with Crippen LogP contribution in [0.25, 0.3) is 0 Å². The molecule has 1 aromatic carbocycles. The van der Waals surface area contributed by atoms with Gasteiger partial charge in [0.25, 0.3) is 0 Å². The van der Waals surface area contributed by atoms with Gasteiger partial charge in [0.15, 0.2) is 0 Å². The molecule has 0 aliphatic carbocycles. The van der Waals surface area contributed by atoms with Gasteiger partial charge >= 0.3 is 0 Å². The first-order valence-electron chi connectivity index (χ1n) is 4.88. The Morgan fingerprint density at radius 1 is 1.33 bits per heavy atom. The van der Waals surface area contributed by atoms with Gasteiger partial charge in [-0.15, -0.1) is 0 Å². The number of benzene rings is 1. The van der Waals surface area contributed by atoms with Gasteiger partial charge in [0.05, 0.1) is 10.1 Å². The van der Waals surface area contributed by atoms with Gasteiger partial charge in [-0.2, -0.15) is 0 Å². The van der Waals surface area contributed by atoms with Crippen LogP contribution in [-0.2, 0) is 10.3 Å². The quantitative estimate of drug-likeness (QED) is 0.853. The highest BCUT2D eigenvalue weighted by Crippen LogP contribution is 2.35. The van der Waals surface area contributed by atoms with E-state index in [9.17, 15) is 9.50 Å². The summed E-state index contributed by atoms with van der Waals surface area (Å²) in [5, 5.41) is 10.3. The van der Waals surface area contributed by atoms with E-state index in [-0.39, 0.29) is 5.82 Å². The van der Waals surface area contributed by atoms with Crippen LogP contribution in [0.2, 0.25) is 0 Å². The van der Waals surface area contributed by atoms with Crippen molar-refractivity contribution in [3.63, 3.8) is 0 Å². The Kier molecular flexibility index (Phi) is 3.09. The molecule has 1 fully saturated rings. The largest absolute Gasteiger partial charge is 0.385 e. The van der Waals surface area contributed by atoms with Crippen LogP contribution in [0.3, 0.4) is 0 Å². The maximum absolute atomic E-state index is 13.8. The van der Waals surface area contributed by atoms with Gasteiger partial charge in [-0.05, 0) is 22.0 Å². The Labute approximate surface area is 96.2 Å². The molecule has 2 rings (SSSR count). The minimum absolute atomic E-state index is 0.361. The highest BCUT2D eigenvalue weighted by molar-refractivity contribution is 9.10. The van der Waals surface area contributed by atoms with Crippen molar-refractivity contribution in [2.75, 3.05) is 13.2 Å². The third kappa shape index (κ3) is 2.07. The van der Waals surface area contributed by atoms with Crippen molar-refractivity contribution in [1.82, 2.24) is 0 Å². The standard InChI is InChI=1S/C11H12BrFO2/c12-9-3-1-2-8(10(9)13)11(14)4-6-15-7-5-11/h1-3,14H,4-7H2. The molecule has 1 aliphatic heterocycles. The predicted molar refractivity (Wildman–Crippen MR) is 58.0 cm³/mol. The molecule has 1 heterocycles. The van der Waals surface area contributed by atoms with E-state index in [1.165, 1.54) is 0 Å². The average Bonchev–Trinajstić information content (AvgIpc) is 2.23. The fraction of sp³-hybridized carbons (Fsp3) is 0.455. The molecule has 1 N–H and O–H groups in total. The minimum Gasteiger partial charge on any atom is -0.385 e. The molecule has 0 saturated carbocycles. The number of hydrogen-bond donors (Lipinski definition) is 1. The first kappa shape index (κ1) is 11.0. The number of hydrogen-bond acceptors (Lipinski definition) is 2. The van der Waals surface area contributed by atoms with Crippen LogP contribution in [0.15, 0.2) is 22.7 Å². The van der Waals surface area contributed by atoms with E-state index in [0.29, 0.717) is 36.1 Å². The Morgan fingerprint density at radius 3 is 2.67 bits per heavy atom. The third-order valence-electron chi connectivity index (χ3n) is 2.77. The number of aliphatic hydroxyl groups is 1. The van der Waals surface area contributed by atoms with Crippen LogP contribution in [0.4, 0.5) is 4.39 Å². The molecule has 0 radical (unpaired) electrons. The van der Waals surface area contributed by atoms with Crippen molar-refractivity contribution in [2.24, 2.45) is 0 Å². The van der Waals surface area contributed by atoms with Crippen molar-refractivity contribution in [3.8, 4) is 0 Å². The van der Waals surface area contributed by atoms with Gasteiger partial charge < -0.3 is 9.84 Å². The van der Waals surface area contributed by atoms with Gasteiger partial charge in [0.2, 0.25) is 0 Å². The fourth-order valence-electron chi connectivity index (χ4n) is 1.84. The molecule has 4 heteroatoms. The second-order valence-electron chi connectivity index (χ2n) is 3.75. The molecule has 0 bridgehead atoms. The van der Waals surface area contributed by atoms with Gasteiger partial charge in [-0.25, -0.2) is 4.39 Å². The number of halogens is 2. The fourth-order valence-corrected chi connectivity index (χ4v) is 2.21. The SMILES string of the molecule is OC1(c2cccc(Br)c2F)CCOCC1. The van der Waals surface area contributed by atoms with Crippen molar-refractivity contribution in [2.45, 2.75) is 18.4 Å². The summed E-state index contributed by atoms with van der Waals surface area (Å²) in [6, 6.07) is 4.99. The summed E-state index contributed by atoms with van der Waals surface area (Å²) in [6.07, 6.45) is 0.890. The summed E-state index contributed by atoms with van der Waals surface area (Å²) >= 11 is 3.12. The molecule has 0 unspecified atom stereocenters. The highest BCUT2D eigenvalue weighted by Gasteiger charge is 2.34. The van der Waals surface area contributed by atoms with Crippen molar-refractivity contribution in [1.29, 1.82) is 0 Å². The van der Waals surface area contributed by atoms with Crippen LogP contribution in [0, 0.1) is 5.82 Å². The molecule has 0 amide bonds. The summed E-state index contributed by atoms with van der Waals surface area (Å²) in [7, 11) is 0. The maximum atomic E-state index is 13.8. The Hall–Kier alpha value is -0.450.